The van der Waals surface area contributed by atoms with E-state index >= 15 is 0 Å². The molecular formula is C20H23ClN4O2. The van der Waals surface area contributed by atoms with E-state index in [1.807, 2.05) is 36.4 Å². The number of para-hydroxylation sites is 1. The van der Waals surface area contributed by atoms with Crippen molar-refractivity contribution < 1.29 is 9.53 Å². The Bertz CT molecular complexity index is 850. The van der Waals surface area contributed by atoms with Crippen LogP contribution in [0.3, 0.4) is 0 Å². The molecule has 0 radical (unpaired) electrons. The Morgan fingerprint density at radius 1 is 1.19 bits per heavy atom. The molecule has 0 atom stereocenters. The van der Waals surface area contributed by atoms with Gasteiger partial charge in [-0.15, -0.1) is 0 Å². The molecule has 1 fully saturated rings. The molecule has 2 aliphatic rings. The van der Waals surface area contributed by atoms with Crippen LogP contribution in [0.25, 0.3) is 0 Å². The minimum absolute atomic E-state index is 0.0495. The first-order valence-electron chi connectivity index (χ1n) is 9.12. The number of benzene rings is 2. The summed E-state index contributed by atoms with van der Waals surface area (Å²) in [6, 6.07) is 11.4. The average molecular weight is 387 g/mol. The monoisotopic (exact) mass is 386 g/mol. The maximum absolute atomic E-state index is 12.2. The molecule has 27 heavy (non-hydrogen) atoms. The lowest BCUT2D eigenvalue weighted by atomic mass is 10.1. The smallest absolute Gasteiger partial charge is 0.234 e. The third-order valence-electron chi connectivity index (χ3n) is 4.95. The number of fused-ring (bicyclic) bond motifs is 2. The van der Waals surface area contributed by atoms with E-state index in [4.69, 9.17) is 16.3 Å². The fourth-order valence-electron chi connectivity index (χ4n) is 3.29. The van der Waals surface area contributed by atoms with Crippen LogP contribution in [-0.4, -0.2) is 55.5 Å². The highest BCUT2D eigenvalue weighted by atomic mass is 35.5. The van der Waals surface area contributed by atoms with E-state index < -0.39 is 0 Å². The Morgan fingerprint density at radius 3 is 2.81 bits per heavy atom. The van der Waals surface area contributed by atoms with E-state index in [1.54, 1.807) is 0 Å². The molecule has 6 nitrogen and oxygen atoms in total. The molecule has 2 N–H and O–H groups in total. The van der Waals surface area contributed by atoms with E-state index in [0.29, 0.717) is 23.9 Å². The van der Waals surface area contributed by atoms with Crippen molar-refractivity contribution in [1.29, 1.82) is 0 Å². The molecule has 0 aliphatic carbocycles. The van der Waals surface area contributed by atoms with Crippen LogP contribution in [0.1, 0.15) is 5.56 Å². The van der Waals surface area contributed by atoms with Gasteiger partial charge in [-0.05, 0) is 36.9 Å². The second kappa shape index (κ2) is 7.76. The third-order valence-corrected chi connectivity index (χ3v) is 5.27. The van der Waals surface area contributed by atoms with Crippen LogP contribution in [0.5, 0.6) is 11.5 Å². The van der Waals surface area contributed by atoms with Gasteiger partial charge in [0.05, 0.1) is 17.3 Å². The Balaban J connectivity index is 1.35. The number of piperazine rings is 1. The number of carbonyl (C=O) groups is 1. The largest absolute Gasteiger partial charge is 0.453 e. The van der Waals surface area contributed by atoms with Gasteiger partial charge in [-0.3, -0.25) is 9.69 Å². The molecule has 1 amide bonds. The van der Waals surface area contributed by atoms with Gasteiger partial charge >= 0.3 is 0 Å². The summed E-state index contributed by atoms with van der Waals surface area (Å²) < 4.78 is 5.96. The van der Waals surface area contributed by atoms with Gasteiger partial charge in [0.15, 0.2) is 11.5 Å². The molecule has 4 rings (SSSR count). The lowest BCUT2D eigenvalue weighted by molar-refractivity contribution is -0.122. The van der Waals surface area contributed by atoms with Crippen molar-refractivity contribution in [2.75, 3.05) is 45.1 Å². The van der Waals surface area contributed by atoms with Crippen LogP contribution in [0.4, 0.5) is 11.4 Å². The van der Waals surface area contributed by atoms with Crippen LogP contribution < -0.4 is 15.4 Å². The second-order valence-electron chi connectivity index (χ2n) is 7.03. The second-order valence-corrected chi connectivity index (χ2v) is 7.43. The van der Waals surface area contributed by atoms with E-state index in [-0.39, 0.29) is 5.91 Å². The number of nitrogens with zero attached hydrogens (tertiary/aromatic N) is 2. The predicted octanol–water partition coefficient (Wildman–Crippen LogP) is 3.05. The van der Waals surface area contributed by atoms with Gasteiger partial charge < -0.3 is 20.3 Å². The summed E-state index contributed by atoms with van der Waals surface area (Å²) in [5, 5.41) is 6.93. The molecule has 0 saturated carbocycles. The summed E-state index contributed by atoms with van der Waals surface area (Å²) in [6.45, 7) is 4.81. The molecule has 7 heteroatoms. The Hall–Kier alpha value is -2.28. The summed E-state index contributed by atoms with van der Waals surface area (Å²) in [4.78, 5) is 16.7. The maximum atomic E-state index is 12.2. The van der Waals surface area contributed by atoms with Gasteiger partial charge in [-0.1, -0.05) is 23.7 Å². The van der Waals surface area contributed by atoms with Crippen molar-refractivity contribution in [1.82, 2.24) is 15.1 Å². The number of hydrogen-bond acceptors (Lipinski definition) is 5. The van der Waals surface area contributed by atoms with Crippen molar-refractivity contribution in [2.24, 2.45) is 0 Å². The first-order valence-corrected chi connectivity index (χ1v) is 9.50. The molecule has 0 bridgehead atoms. The zero-order valence-corrected chi connectivity index (χ0v) is 16.1. The molecule has 1 saturated heterocycles. The average Bonchev–Trinajstić information content (AvgIpc) is 2.67. The van der Waals surface area contributed by atoms with Gasteiger partial charge in [-0.2, -0.15) is 0 Å². The standard InChI is InChI=1S/C20H23ClN4O2/c1-24-7-9-25(10-8-24)13-19(26)22-12-14-5-6-16-18(11-14)27-17-4-2-3-15(21)20(17)23-16/h2-6,11,23H,7-10,12-13H2,1H3,(H,22,26). The number of anilines is 2. The number of likely N-dealkylation sites (N-methyl/N-ethyl adjacent to an activating group) is 1. The number of rotatable bonds is 4. The van der Waals surface area contributed by atoms with E-state index in [0.717, 1.165) is 48.9 Å². The first kappa shape index (κ1) is 18.1. The number of ether oxygens (including phenoxy) is 1. The van der Waals surface area contributed by atoms with Gasteiger partial charge in [0.1, 0.15) is 5.69 Å². The van der Waals surface area contributed by atoms with E-state index in [1.165, 1.54) is 0 Å². The van der Waals surface area contributed by atoms with Gasteiger partial charge in [0.2, 0.25) is 5.91 Å². The molecule has 2 aromatic rings. The normalized spacial score (nSPS) is 16.7. The number of hydrogen-bond donors (Lipinski definition) is 2. The van der Waals surface area contributed by atoms with Crippen molar-refractivity contribution in [3.8, 4) is 11.5 Å². The molecule has 0 unspecified atom stereocenters. The molecule has 142 valence electrons. The fraction of sp³-hybridized carbons (Fsp3) is 0.350. The quantitative estimate of drug-likeness (QED) is 0.721. The van der Waals surface area contributed by atoms with Gasteiger partial charge in [0, 0.05) is 32.7 Å². The lowest BCUT2D eigenvalue weighted by Gasteiger charge is -2.31. The summed E-state index contributed by atoms with van der Waals surface area (Å²) >= 11 is 6.22. The molecule has 0 spiro atoms. The van der Waals surface area contributed by atoms with E-state index in [2.05, 4.69) is 27.5 Å². The van der Waals surface area contributed by atoms with E-state index in [9.17, 15) is 4.79 Å². The van der Waals surface area contributed by atoms with Gasteiger partial charge in [0.25, 0.3) is 0 Å². The summed E-state index contributed by atoms with van der Waals surface area (Å²) in [5.74, 6) is 1.48. The lowest BCUT2D eigenvalue weighted by Crippen LogP contribution is -2.48. The van der Waals surface area contributed by atoms with Crippen molar-refractivity contribution in [2.45, 2.75) is 6.54 Å². The topological polar surface area (TPSA) is 56.8 Å². The summed E-state index contributed by atoms with van der Waals surface area (Å²) in [6.07, 6.45) is 0. The molecule has 2 heterocycles. The minimum Gasteiger partial charge on any atom is -0.453 e. The van der Waals surface area contributed by atoms with Crippen LogP contribution in [0, 0.1) is 0 Å². The molecule has 2 aromatic carbocycles. The van der Waals surface area contributed by atoms with Crippen molar-refractivity contribution >= 4 is 28.9 Å². The Kier molecular flexibility index (Phi) is 5.20. The zero-order chi connectivity index (χ0) is 18.8. The van der Waals surface area contributed by atoms with Crippen molar-refractivity contribution in [3.05, 3.63) is 47.0 Å². The molecule has 0 aromatic heterocycles. The number of amides is 1. The first-order chi connectivity index (χ1) is 13.1. The van der Waals surface area contributed by atoms with Crippen LogP contribution in [0.2, 0.25) is 5.02 Å². The minimum atomic E-state index is 0.0495. The Labute approximate surface area is 164 Å². The number of nitrogens with one attached hydrogen (secondary N) is 2. The summed E-state index contributed by atoms with van der Waals surface area (Å²) in [7, 11) is 2.11. The fourth-order valence-corrected chi connectivity index (χ4v) is 3.51. The zero-order valence-electron chi connectivity index (χ0n) is 15.3. The van der Waals surface area contributed by atoms with Gasteiger partial charge in [-0.25, -0.2) is 0 Å². The van der Waals surface area contributed by atoms with Crippen LogP contribution in [-0.2, 0) is 11.3 Å². The highest BCUT2D eigenvalue weighted by molar-refractivity contribution is 6.33. The number of carbonyl (C=O) groups excluding carboxylic acids is 1. The van der Waals surface area contributed by atoms with Crippen LogP contribution in [0.15, 0.2) is 36.4 Å². The van der Waals surface area contributed by atoms with Crippen molar-refractivity contribution in [3.63, 3.8) is 0 Å². The molecule has 2 aliphatic heterocycles. The Morgan fingerprint density at radius 2 is 2.00 bits per heavy atom. The summed E-state index contributed by atoms with van der Waals surface area (Å²) in [5.41, 5.74) is 2.63. The number of halogens is 1. The highest BCUT2D eigenvalue weighted by Gasteiger charge is 2.19. The van der Waals surface area contributed by atoms with Crippen LogP contribution >= 0.6 is 11.6 Å². The third kappa shape index (κ3) is 4.18. The maximum Gasteiger partial charge on any atom is 0.234 e. The highest BCUT2D eigenvalue weighted by Crippen LogP contribution is 2.45. The predicted molar refractivity (Wildman–Crippen MR) is 107 cm³/mol. The molecular weight excluding hydrogens is 364 g/mol. The SMILES string of the molecule is CN1CCN(CC(=O)NCc2ccc3c(c2)Oc2cccc(Cl)c2N3)CC1.